The molecule has 0 unspecified atom stereocenters. The maximum atomic E-state index is 12.9. The summed E-state index contributed by atoms with van der Waals surface area (Å²) in [6.07, 6.45) is 2.10. The van der Waals surface area contributed by atoms with E-state index in [0.29, 0.717) is 12.8 Å². The van der Waals surface area contributed by atoms with Crippen LogP contribution in [0.4, 0.5) is 4.79 Å². The van der Waals surface area contributed by atoms with E-state index in [0.717, 1.165) is 22.4 Å². The molecule has 2 heterocycles. The largest absolute Gasteiger partial charge is 0.338 e. The lowest BCUT2D eigenvalue weighted by molar-refractivity contribution is -0.141. The van der Waals surface area contributed by atoms with E-state index in [1.54, 1.807) is 18.2 Å². The van der Waals surface area contributed by atoms with Crippen LogP contribution in [0, 0.1) is 13.8 Å². The Morgan fingerprint density at radius 1 is 1.07 bits per heavy atom. The van der Waals surface area contributed by atoms with Crippen LogP contribution in [0.1, 0.15) is 30.4 Å². The highest BCUT2D eigenvalue weighted by atomic mass is 32.2. The molecule has 0 atom stereocenters. The molecule has 10 heteroatoms. The van der Waals surface area contributed by atoms with Gasteiger partial charge in [0, 0.05) is 26.2 Å². The maximum Gasteiger partial charge on any atom is 0.325 e. The van der Waals surface area contributed by atoms with E-state index in [2.05, 4.69) is 5.32 Å². The van der Waals surface area contributed by atoms with Gasteiger partial charge in [0.05, 0.1) is 4.90 Å². The Labute approximate surface area is 176 Å². The number of nitrogens with zero attached hydrogens (tertiary/aromatic N) is 3. The summed E-state index contributed by atoms with van der Waals surface area (Å²) >= 11 is 0. The summed E-state index contributed by atoms with van der Waals surface area (Å²) in [7, 11) is -3.63. The molecule has 1 N–H and O–H groups in total. The quantitative estimate of drug-likeness (QED) is 0.699. The molecule has 30 heavy (non-hydrogen) atoms. The predicted molar refractivity (Wildman–Crippen MR) is 108 cm³/mol. The van der Waals surface area contributed by atoms with E-state index in [9.17, 15) is 22.8 Å². The zero-order valence-electron chi connectivity index (χ0n) is 17.2. The van der Waals surface area contributed by atoms with Crippen molar-refractivity contribution in [2.45, 2.75) is 43.5 Å². The Morgan fingerprint density at radius 2 is 1.73 bits per heavy atom. The average Bonchev–Trinajstić information content (AvgIpc) is 2.95. The van der Waals surface area contributed by atoms with Crippen molar-refractivity contribution in [1.29, 1.82) is 0 Å². The molecule has 1 spiro atoms. The van der Waals surface area contributed by atoms with Crippen LogP contribution < -0.4 is 5.32 Å². The molecule has 4 amide bonds. The third-order valence-electron chi connectivity index (χ3n) is 6.45. The van der Waals surface area contributed by atoms with E-state index < -0.39 is 21.6 Å². The second-order valence-electron chi connectivity index (χ2n) is 8.29. The molecular weight excluding hydrogens is 408 g/mol. The van der Waals surface area contributed by atoms with Gasteiger partial charge in [-0.15, -0.1) is 0 Å². The highest BCUT2D eigenvalue weighted by Gasteiger charge is 2.55. The van der Waals surface area contributed by atoms with E-state index in [4.69, 9.17) is 0 Å². The van der Waals surface area contributed by atoms with Crippen LogP contribution in [-0.2, 0) is 19.6 Å². The first-order valence-electron chi connectivity index (χ1n) is 10.1. The number of piperazine rings is 1. The molecule has 1 aliphatic carbocycles. The van der Waals surface area contributed by atoms with Gasteiger partial charge in [0.15, 0.2) is 0 Å². The number of hydrogen-bond acceptors (Lipinski definition) is 5. The zero-order valence-corrected chi connectivity index (χ0v) is 18.0. The molecule has 1 saturated carbocycles. The molecule has 1 aromatic carbocycles. The topological polar surface area (TPSA) is 107 Å². The van der Waals surface area contributed by atoms with Crippen molar-refractivity contribution < 1.29 is 22.8 Å². The minimum atomic E-state index is -3.63. The first kappa shape index (κ1) is 20.8. The van der Waals surface area contributed by atoms with Gasteiger partial charge in [-0.1, -0.05) is 6.07 Å². The summed E-state index contributed by atoms with van der Waals surface area (Å²) in [5.74, 6) is -0.679. The Balaban J connectivity index is 1.37. The number of urea groups is 1. The summed E-state index contributed by atoms with van der Waals surface area (Å²) in [4.78, 5) is 40.1. The second-order valence-corrected chi connectivity index (χ2v) is 10.2. The number of hydrogen-bond donors (Lipinski definition) is 1. The van der Waals surface area contributed by atoms with Crippen molar-refractivity contribution in [3.8, 4) is 0 Å². The van der Waals surface area contributed by atoms with Crippen molar-refractivity contribution in [1.82, 2.24) is 19.4 Å². The van der Waals surface area contributed by atoms with Gasteiger partial charge in [-0.25, -0.2) is 13.2 Å². The fourth-order valence-electron chi connectivity index (χ4n) is 4.13. The second kappa shape index (κ2) is 7.35. The molecule has 3 aliphatic rings. The van der Waals surface area contributed by atoms with E-state index >= 15 is 0 Å². The normalized spacial score (nSPS) is 21.7. The minimum absolute atomic E-state index is 0.172. The molecule has 0 radical (unpaired) electrons. The lowest BCUT2D eigenvalue weighted by Gasteiger charge is -2.36. The van der Waals surface area contributed by atoms with Crippen molar-refractivity contribution >= 4 is 27.9 Å². The molecule has 1 aromatic rings. The summed E-state index contributed by atoms with van der Waals surface area (Å²) in [5, 5.41) is 2.71. The summed E-state index contributed by atoms with van der Waals surface area (Å²) in [6, 6.07) is 4.53. The van der Waals surface area contributed by atoms with Crippen LogP contribution in [0.5, 0.6) is 0 Å². The van der Waals surface area contributed by atoms with Gasteiger partial charge in [0.25, 0.3) is 5.91 Å². The average molecular weight is 435 g/mol. The lowest BCUT2D eigenvalue weighted by Crippen LogP contribution is -2.54. The highest BCUT2D eigenvalue weighted by Crippen LogP contribution is 2.37. The maximum absolute atomic E-state index is 12.9. The number of nitrogens with one attached hydrogen (secondary N) is 1. The molecule has 0 aromatic heterocycles. The molecule has 2 saturated heterocycles. The lowest BCUT2D eigenvalue weighted by atomic mass is 9.77. The van der Waals surface area contributed by atoms with Crippen LogP contribution in [0.15, 0.2) is 23.1 Å². The molecule has 9 nitrogen and oxygen atoms in total. The Morgan fingerprint density at radius 3 is 2.27 bits per heavy atom. The monoisotopic (exact) mass is 434 g/mol. The predicted octanol–water partition coefficient (Wildman–Crippen LogP) is 0.611. The fourth-order valence-corrected chi connectivity index (χ4v) is 5.63. The van der Waals surface area contributed by atoms with Gasteiger partial charge in [0.1, 0.15) is 12.1 Å². The van der Waals surface area contributed by atoms with Gasteiger partial charge in [-0.05, 0) is 56.4 Å². The number of carbonyl (C=O) groups is 3. The van der Waals surface area contributed by atoms with Crippen LogP contribution in [0.2, 0.25) is 0 Å². The number of sulfonamides is 1. The van der Waals surface area contributed by atoms with Gasteiger partial charge in [-0.3, -0.25) is 14.5 Å². The number of aryl methyl sites for hydroxylation is 2. The Bertz CT molecular complexity index is 1010. The molecule has 2 aliphatic heterocycles. The van der Waals surface area contributed by atoms with Crippen LogP contribution in [-0.4, -0.2) is 78.6 Å². The van der Waals surface area contributed by atoms with Gasteiger partial charge in [0.2, 0.25) is 15.9 Å². The number of rotatable bonds is 4. The van der Waals surface area contributed by atoms with Crippen molar-refractivity contribution in [2.75, 3.05) is 32.7 Å². The van der Waals surface area contributed by atoms with E-state index in [1.165, 1.54) is 9.21 Å². The van der Waals surface area contributed by atoms with Gasteiger partial charge < -0.3 is 10.2 Å². The molecule has 3 fully saturated rings. The molecule has 162 valence electrons. The van der Waals surface area contributed by atoms with Crippen molar-refractivity contribution in [3.05, 3.63) is 29.3 Å². The number of carbonyl (C=O) groups excluding carboxylic acids is 3. The van der Waals surface area contributed by atoms with Crippen molar-refractivity contribution in [3.63, 3.8) is 0 Å². The van der Waals surface area contributed by atoms with E-state index in [-0.39, 0.29) is 49.4 Å². The zero-order chi connectivity index (χ0) is 21.7. The Hall–Kier alpha value is -2.46. The van der Waals surface area contributed by atoms with Gasteiger partial charge in [-0.2, -0.15) is 4.31 Å². The number of benzene rings is 1. The van der Waals surface area contributed by atoms with Crippen LogP contribution in [0.25, 0.3) is 0 Å². The fraction of sp³-hybridized carbons (Fsp3) is 0.550. The highest BCUT2D eigenvalue weighted by molar-refractivity contribution is 7.89. The molecular formula is C20H26N4O5S. The van der Waals surface area contributed by atoms with Crippen LogP contribution >= 0.6 is 0 Å². The number of imide groups is 1. The van der Waals surface area contributed by atoms with E-state index in [1.807, 2.05) is 13.8 Å². The van der Waals surface area contributed by atoms with Crippen LogP contribution in [0.3, 0.4) is 0 Å². The smallest absolute Gasteiger partial charge is 0.325 e. The summed E-state index contributed by atoms with van der Waals surface area (Å²) < 4.78 is 27.2. The van der Waals surface area contributed by atoms with Gasteiger partial charge >= 0.3 is 6.03 Å². The molecule has 0 bridgehead atoms. The first-order chi connectivity index (χ1) is 14.1. The minimum Gasteiger partial charge on any atom is -0.338 e. The number of amides is 4. The first-order valence-corrected chi connectivity index (χ1v) is 11.6. The summed E-state index contributed by atoms with van der Waals surface area (Å²) in [6.45, 7) is 4.27. The SMILES string of the molecule is Cc1ccc(S(=O)(=O)N2CCN(C(=O)CN3C(=O)NC4(CCC4)C3=O)CC2)cc1C. The molecule has 4 rings (SSSR count). The third kappa shape index (κ3) is 3.37. The summed E-state index contributed by atoms with van der Waals surface area (Å²) in [5.41, 5.74) is 1.12. The Kier molecular flexibility index (Phi) is 5.09. The standard InChI is InChI=1S/C20H26N4O5S/c1-14-4-5-16(12-15(14)2)30(28,29)23-10-8-22(9-11-23)17(25)13-24-18(26)20(6-3-7-20)21-19(24)27/h4-5,12H,3,6-11,13H2,1-2H3,(H,21,27). The van der Waals surface area contributed by atoms with Crippen molar-refractivity contribution in [2.24, 2.45) is 0 Å². The third-order valence-corrected chi connectivity index (χ3v) is 8.35.